The van der Waals surface area contributed by atoms with Crippen LogP contribution in [0.1, 0.15) is 19.4 Å². The van der Waals surface area contributed by atoms with Gasteiger partial charge in [0.1, 0.15) is 6.04 Å². The number of anilines is 1. The first-order chi connectivity index (χ1) is 11.4. The fraction of sp³-hybridized carbons (Fsp3) is 0.278. The van der Waals surface area contributed by atoms with Gasteiger partial charge >= 0.3 is 5.97 Å². The van der Waals surface area contributed by atoms with Crippen molar-refractivity contribution < 1.29 is 17.9 Å². The summed E-state index contributed by atoms with van der Waals surface area (Å²) in [4.78, 5) is 12.3. The first-order valence-corrected chi connectivity index (χ1v) is 9.14. The minimum atomic E-state index is -3.90. The summed E-state index contributed by atoms with van der Waals surface area (Å²) in [6.07, 6.45) is 0. The SMILES string of the molecule is CCOC(=O)C(C)N(c1ccccc1)S(=O)(=O)c1ccc(C)cc1. The van der Waals surface area contributed by atoms with Crippen LogP contribution < -0.4 is 4.31 Å². The number of esters is 1. The number of aryl methyl sites for hydroxylation is 1. The molecule has 2 rings (SSSR count). The number of hydrogen-bond donors (Lipinski definition) is 0. The van der Waals surface area contributed by atoms with Crippen molar-refractivity contribution in [2.75, 3.05) is 10.9 Å². The lowest BCUT2D eigenvalue weighted by Gasteiger charge is -2.29. The highest BCUT2D eigenvalue weighted by Crippen LogP contribution is 2.26. The van der Waals surface area contributed by atoms with Crippen molar-refractivity contribution in [2.24, 2.45) is 0 Å². The van der Waals surface area contributed by atoms with Crippen molar-refractivity contribution >= 4 is 21.7 Å². The molecule has 6 heteroatoms. The maximum Gasteiger partial charge on any atom is 0.329 e. The van der Waals surface area contributed by atoms with Crippen LogP contribution in [0.2, 0.25) is 0 Å². The van der Waals surface area contributed by atoms with Crippen LogP contribution in [0.5, 0.6) is 0 Å². The molecule has 0 amide bonds. The van der Waals surface area contributed by atoms with Gasteiger partial charge < -0.3 is 4.74 Å². The highest BCUT2D eigenvalue weighted by Gasteiger charge is 2.34. The second-order valence-electron chi connectivity index (χ2n) is 5.38. The summed E-state index contributed by atoms with van der Waals surface area (Å²) in [6.45, 7) is 5.28. The maximum atomic E-state index is 13.1. The Morgan fingerprint density at radius 3 is 2.21 bits per heavy atom. The molecule has 0 aromatic heterocycles. The molecule has 0 spiro atoms. The number of hydrogen-bond acceptors (Lipinski definition) is 4. The zero-order valence-electron chi connectivity index (χ0n) is 14.0. The van der Waals surface area contributed by atoms with Crippen molar-refractivity contribution in [1.29, 1.82) is 0 Å². The van der Waals surface area contributed by atoms with E-state index in [0.717, 1.165) is 9.87 Å². The molecule has 0 N–H and O–H groups in total. The molecule has 2 aromatic rings. The standard InChI is InChI=1S/C18H21NO4S/c1-4-23-18(20)15(3)19(16-8-6-5-7-9-16)24(21,22)17-12-10-14(2)11-13-17/h5-13,15H,4H2,1-3H3. The van der Waals surface area contributed by atoms with E-state index in [0.29, 0.717) is 5.69 Å². The van der Waals surface area contributed by atoms with Gasteiger partial charge in [-0.15, -0.1) is 0 Å². The fourth-order valence-corrected chi connectivity index (χ4v) is 3.94. The Labute approximate surface area is 142 Å². The topological polar surface area (TPSA) is 63.7 Å². The number of sulfonamides is 1. The Hall–Kier alpha value is -2.34. The summed E-state index contributed by atoms with van der Waals surface area (Å²) in [7, 11) is -3.90. The van der Waals surface area contributed by atoms with Gasteiger partial charge in [0, 0.05) is 0 Å². The number of benzene rings is 2. The van der Waals surface area contributed by atoms with Gasteiger partial charge in [-0.05, 0) is 45.0 Å². The van der Waals surface area contributed by atoms with Crippen LogP contribution in [0.4, 0.5) is 5.69 Å². The van der Waals surface area contributed by atoms with Crippen LogP contribution >= 0.6 is 0 Å². The summed E-state index contributed by atoms with van der Waals surface area (Å²) in [5.74, 6) is -0.586. The molecule has 0 heterocycles. The molecule has 5 nitrogen and oxygen atoms in total. The predicted octanol–water partition coefficient (Wildman–Crippen LogP) is 3.14. The average molecular weight is 347 g/mol. The van der Waals surface area contributed by atoms with E-state index in [1.807, 2.05) is 6.92 Å². The number of para-hydroxylation sites is 1. The molecule has 0 fully saturated rings. The molecule has 1 unspecified atom stereocenters. The Bertz CT molecular complexity index is 786. The highest BCUT2D eigenvalue weighted by molar-refractivity contribution is 7.92. The summed E-state index contributed by atoms with van der Waals surface area (Å²) in [5.41, 5.74) is 1.37. The predicted molar refractivity (Wildman–Crippen MR) is 93.4 cm³/mol. The summed E-state index contributed by atoms with van der Waals surface area (Å²) in [5, 5.41) is 0. The third kappa shape index (κ3) is 3.76. The quantitative estimate of drug-likeness (QED) is 0.753. The first kappa shape index (κ1) is 18.0. The van der Waals surface area contributed by atoms with Gasteiger partial charge in [-0.3, -0.25) is 4.31 Å². The molecule has 128 valence electrons. The third-order valence-electron chi connectivity index (χ3n) is 3.57. The van der Waals surface area contributed by atoms with Crippen LogP contribution in [-0.4, -0.2) is 27.0 Å². The first-order valence-electron chi connectivity index (χ1n) is 7.70. The van der Waals surface area contributed by atoms with Crippen LogP contribution in [0, 0.1) is 6.92 Å². The lowest BCUT2D eigenvalue weighted by Crippen LogP contribution is -2.44. The minimum absolute atomic E-state index is 0.133. The summed E-state index contributed by atoms with van der Waals surface area (Å²) in [6, 6.07) is 14.1. The normalized spacial score (nSPS) is 12.5. The van der Waals surface area contributed by atoms with E-state index in [2.05, 4.69) is 0 Å². The van der Waals surface area contributed by atoms with Gasteiger partial charge in [-0.25, -0.2) is 13.2 Å². The van der Waals surface area contributed by atoms with Gasteiger partial charge in [-0.1, -0.05) is 35.9 Å². The van der Waals surface area contributed by atoms with Crippen molar-refractivity contribution in [3.8, 4) is 0 Å². The van der Waals surface area contributed by atoms with E-state index in [1.54, 1.807) is 61.5 Å². The lowest BCUT2D eigenvalue weighted by molar-refractivity contribution is -0.144. The zero-order chi connectivity index (χ0) is 17.7. The molecular weight excluding hydrogens is 326 g/mol. The second kappa shape index (κ2) is 7.49. The van der Waals surface area contributed by atoms with Gasteiger partial charge in [0.2, 0.25) is 0 Å². The average Bonchev–Trinajstić information content (AvgIpc) is 2.56. The van der Waals surface area contributed by atoms with Crippen molar-refractivity contribution in [2.45, 2.75) is 31.7 Å². The van der Waals surface area contributed by atoms with Crippen LogP contribution in [-0.2, 0) is 19.6 Å². The molecule has 2 aromatic carbocycles. The number of ether oxygens (including phenoxy) is 1. The minimum Gasteiger partial charge on any atom is -0.464 e. The highest BCUT2D eigenvalue weighted by atomic mass is 32.2. The Kier molecular flexibility index (Phi) is 5.62. The molecular formula is C18H21NO4S. The second-order valence-corrected chi connectivity index (χ2v) is 7.19. The molecule has 24 heavy (non-hydrogen) atoms. The van der Waals surface area contributed by atoms with Crippen LogP contribution in [0.15, 0.2) is 59.5 Å². The zero-order valence-corrected chi connectivity index (χ0v) is 14.8. The number of carbonyl (C=O) groups is 1. The largest absolute Gasteiger partial charge is 0.464 e. The van der Waals surface area contributed by atoms with Gasteiger partial charge in [0.25, 0.3) is 10.0 Å². The Morgan fingerprint density at radius 2 is 1.67 bits per heavy atom. The molecule has 0 bridgehead atoms. The van der Waals surface area contributed by atoms with E-state index in [-0.39, 0.29) is 11.5 Å². The van der Waals surface area contributed by atoms with Crippen molar-refractivity contribution in [1.82, 2.24) is 0 Å². The van der Waals surface area contributed by atoms with Gasteiger partial charge in [0.15, 0.2) is 0 Å². The molecule has 1 atom stereocenters. The van der Waals surface area contributed by atoms with E-state index in [9.17, 15) is 13.2 Å². The monoisotopic (exact) mass is 347 g/mol. The molecule has 0 saturated carbocycles. The third-order valence-corrected chi connectivity index (χ3v) is 5.48. The fourth-order valence-electron chi connectivity index (χ4n) is 2.33. The van der Waals surface area contributed by atoms with E-state index >= 15 is 0 Å². The van der Waals surface area contributed by atoms with Gasteiger partial charge in [0.05, 0.1) is 17.2 Å². The number of rotatable bonds is 6. The molecule has 0 aliphatic rings. The number of carbonyl (C=O) groups excluding carboxylic acids is 1. The lowest BCUT2D eigenvalue weighted by atomic mass is 10.2. The molecule has 0 aliphatic heterocycles. The summed E-state index contributed by atoms with van der Waals surface area (Å²) < 4.78 is 32.3. The van der Waals surface area contributed by atoms with Crippen molar-refractivity contribution in [3.05, 3.63) is 60.2 Å². The summed E-state index contributed by atoms with van der Waals surface area (Å²) >= 11 is 0. The van der Waals surface area contributed by atoms with E-state index < -0.39 is 22.0 Å². The van der Waals surface area contributed by atoms with Crippen LogP contribution in [0.25, 0.3) is 0 Å². The molecule has 0 saturated heterocycles. The Balaban J connectivity index is 2.53. The molecule has 0 radical (unpaired) electrons. The van der Waals surface area contributed by atoms with E-state index in [4.69, 9.17) is 4.74 Å². The number of nitrogens with zero attached hydrogens (tertiary/aromatic N) is 1. The smallest absolute Gasteiger partial charge is 0.329 e. The van der Waals surface area contributed by atoms with Crippen LogP contribution in [0.3, 0.4) is 0 Å². The maximum absolute atomic E-state index is 13.1. The molecule has 0 aliphatic carbocycles. The van der Waals surface area contributed by atoms with E-state index in [1.165, 1.54) is 6.92 Å². The van der Waals surface area contributed by atoms with Gasteiger partial charge in [-0.2, -0.15) is 0 Å². The van der Waals surface area contributed by atoms with Crippen molar-refractivity contribution in [3.63, 3.8) is 0 Å². The Morgan fingerprint density at radius 1 is 1.08 bits per heavy atom.